The van der Waals surface area contributed by atoms with Gasteiger partial charge in [-0.05, 0) is 23.6 Å². The molecule has 1 saturated heterocycles. The number of hydrogen-bond acceptors (Lipinski definition) is 3. The first kappa shape index (κ1) is 15.0. The van der Waals surface area contributed by atoms with Gasteiger partial charge in [-0.2, -0.15) is 5.26 Å². The Morgan fingerprint density at radius 1 is 1.40 bits per heavy atom. The molecule has 1 aromatic rings. The average molecular weight is 275 g/mol. The highest BCUT2D eigenvalue weighted by molar-refractivity contribution is 5.36. The molecule has 3 nitrogen and oxygen atoms in total. The Kier molecular flexibility index (Phi) is 5.11. The number of benzene rings is 1. The standard InChI is InChI=1S/C16H22FN3/c1-3-12(2)16(20-8-6-19-7-9-20)13-4-5-15(17)14(10-13)11-18/h4-5,10,12,16,19H,3,6-9H2,1-2H3/t12?,16-/m0/s1. The first-order valence-electron chi connectivity index (χ1n) is 7.31. The topological polar surface area (TPSA) is 39.1 Å². The maximum atomic E-state index is 13.5. The van der Waals surface area contributed by atoms with Crippen molar-refractivity contribution in [3.05, 3.63) is 35.1 Å². The fourth-order valence-electron chi connectivity index (χ4n) is 2.90. The summed E-state index contributed by atoms with van der Waals surface area (Å²) in [6.45, 7) is 8.36. The van der Waals surface area contributed by atoms with Crippen molar-refractivity contribution >= 4 is 0 Å². The van der Waals surface area contributed by atoms with Crippen molar-refractivity contribution in [1.29, 1.82) is 5.26 Å². The Hall–Kier alpha value is -1.44. The average Bonchev–Trinajstić information content (AvgIpc) is 2.50. The summed E-state index contributed by atoms with van der Waals surface area (Å²) in [7, 11) is 0. The Morgan fingerprint density at radius 2 is 2.10 bits per heavy atom. The van der Waals surface area contributed by atoms with Gasteiger partial charge in [0.1, 0.15) is 11.9 Å². The van der Waals surface area contributed by atoms with Crippen LogP contribution in [0.3, 0.4) is 0 Å². The molecule has 4 heteroatoms. The van der Waals surface area contributed by atoms with Gasteiger partial charge < -0.3 is 5.32 Å². The second-order valence-corrected chi connectivity index (χ2v) is 5.47. The fraction of sp³-hybridized carbons (Fsp3) is 0.562. The molecule has 0 spiro atoms. The fourth-order valence-corrected chi connectivity index (χ4v) is 2.90. The molecule has 1 aromatic carbocycles. The number of hydrogen-bond donors (Lipinski definition) is 1. The summed E-state index contributed by atoms with van der Waals surface area (Å²) in [6, 6.07) is 7.17. The highest BCUT2D eigenvalue weighted by atomic mass is 19.1. The SMILES string of the molecule is CCC(C)[C@@H](c1ccc(F)c(C#N)c1)N1CCNCC1. The van der Waals surface area contributed by atoms with E-state index in [9.17, 15) is 4.39 Å². The second kappa shape index (κ2) is 6.83. The van der Waals surface area contributed by atoms with Crippen LogP contribution in [0.1, 0.15) is 37.4 Å². The third-order valence-corrected chi connectivity index (χ3v) is 4.18. The van der Waals surface area contributed by atoms with Crippen molar-refractivity contribution in [2.75, 3.05) is 26.2 Å². The summed E-state index contributed by atoms with van der Waals surface area (Å²) in [4.78, 5) is 2.44. The number of nitriles is 1. The van der Waals surface area contributed by atoms with Crippen molar-refractivity contribution in [1.82, 2.24) is 10.2 Å². The van der Waals surface area contributed by atoms with Crippen LogP contribution >= 0.6 is 0 Å². The van der Waals surface area contributed by atoms with Gasteiger partial charge >= 0.3 is 0 Å². The summed E-state index contributed by atoms with van der Waals surface area (Å²) in [5, 5.41) is 12.4. The van der Waals surface area contributed by atoms with Crippen LogP contribution in [0.4, 0.5) is 4.39 Å². The lowest BCUT2D eigenvalue weighted by molar-refractivity contribution is 0.128. The summed E-state index contributed by atoms with van der Waals surface area (Å²) in [6.07, 6.45) is 1.06. The van der Waals surface area contributed by atoms with Gasteiger partial charge in [-0.1, -0.05) is 26.3 Å². The molecule has 0 aromatic heterocycles. The van der Waals surface area contributed by atoms with Crippen LogP contribution in [0.2, 0.25) is 0 Å². The Labute approximate surface area is 120 Å². The number of piperazine rings is 1. The molecule has 0 saturated carbocycles. The molecule has 1 heterocycles. The van der Waals surface area contributed by atoms with E-state index >= 15 is 0 Å². The smallest absolute Gasteiger partial charge is 0.140 e. The van der Waals surface area contributed by atoms with E-state index in [4.69, 9.17) is 5.26 Å². The van der Waals surface area contributed by atoms with Crippen molar-refractivity contribution in [3.63, 3.8) is 0 Å². The zero-order chi connectivity index (χ0) is 14.5. The highest BCUT2D eigenvalue weighted by Crippen LogP contribution is 2.31. The van der Waals surface area contributed by atoms with Crippen LogP contribution in [0, 0.1) is 23.1 Å². The van der Waals surface area contributed by atoms with E-state index in [-0.39, 0.29) is 11.6 Å². The molecule has 1 unspecified atom stereocenters. The zero-order valence-corrected chi connectivity index (χ0v) is 12.2. The summed E-state index contributed by atoms with van der Waals surface area (Å²) < 4.78 is 13.5. The molecule has 108 valence electrons. The van der Waals surface area contributed by atoms with E-state index in [2.05, 4.69) is 24.1 Å². The maximum Gasteiger partial charge on any atom is 0.140 e. The summed E-state index contributed by atoms with van der Waals surface area (Å²) >= 11 is 0. The number of halogens is 1. The van der Waals surface area contributed by atoms with Gasteiger partial charge in [0, 0.05) is 32.2 Å². The van der Waals surface area contributed by atoms with Gasteiger partial charge in [0.2, 0.25) is 0 Å². The van der Waals surface area contributed by atoms with Gasteiger partial charge in [-0.3, -0.25) is 4.90 Å². The minimum atomic E-state index is -0.431. The lowest BCUT2D eigenvalue weighted by Gasteiger charge is -2.38. The molecule has 1 aliphatic heterocycles. The predicted octanol–water partition coefficient (Wildman–Crippen LogP) is 2.69. The molecule has 0 aliphatic carbocycles. The minimum absolute atomic E-state index is 0.144. The Morgan fingerprint density at radius 3 is 2.70 bits per heavy atom. The second-order valence-electron chi connectivity index (χ2n) is 5.47. The summed E-state index contributed by atoms with van der Waals surface area (Å²) in [5.41, 5.74) is 1.20. The Balaban J connectivity index is 2.33. The lowest BCUT2D eigenvalue weighted by Crippen LogP contribution is -2.46. The van der Waals surface area contributed by atoms with Crippen molar-refractivity contribution in [2.24, 2.45) is 5.92 Å². The van der Waals surface area contributed by atoms with E-state index in [0.29, 0.717) is 5.92 Å². The van der Waals surface area contributed by atoms with Crippen molar-refractivity contribution in [2.45, 2.75) is 26.3 Å². The molecule has 0 radical (unpaired) electrons. The predicted molar refractivity (Wildman–Crippen MR) is 77.8 cm³/mol. The number of rotatable bonds is 4. The molecule has 2 atom stereocenters. The van der Waals surface area contributed by atoms with E-state index in [1.54, 1.807) is 6.07 Å². The van der Waals surface area contributed by atoms with Gasteiger partial charge in [-0.25, -0.2) is 4.39 Å². The van der Waals surface area contributed by atoms with E-state index < -0.39 is 5.82 Å². The molecule has 20 heavy (non-hydrogen) atoms. The van der Waals surface area contributed by atoms with Gasteiger partial charge in [0.15, 0.2) is 0 Å². The van der Waals surface area contributed by atoms with Gasteiger partial charge in [-0.15, -0.1) is 0 Å². The zero-order valence-electron chi connectivity index (χ0n) is 12.2. The van der Waals surface area contributed by atoms with Crippen molar-refractivity contribution < 1.29 is 4.39 Å². The van der Waals surface area contributed by atoms with Crippen LogP contribution in [0.15, 0.2) is 18.2 Å². The maximum absolute atomic E-state index is 13.5. The van der Waals surface area contributed by atoms with E-state index in [1.807, 2.05) is 12.1 Å². The summed E-state index contributed by atoms with van der Waals surface area (Å²) in [5.74, 6) is 0.0459. The molecule has 2 rings (SSSR count). The molecule has 1 N–H and O–H groups in total. The quantitative estimate of drug-likeness (QED) is 0.918. The number of nitrogens with zero attached hydrogens (tertiary/aromatic N) is 2. The van der Waals surface area contributed by atoms with Crippen LogP contribution in [0.25, 0.3) is 0 Å². The molecular weight excluding hydrogens is 253 g/mol. The van der Waals surface area contributed by atoms with Crippen LogP contribution in [-0.2, 0) is 0 Å². The van der Waals surface area contributed by atoms with Crippen LogP contribution in [-0.4, -0.2) is 31.1 Å². The largest absolute Gasteiger partial charge is 0.314 e. The first-order chi connectivity index (χ1) is 9.67. The lowest BCUT2D eigenvalue weighted by atomic mass is 9.89. The van der Waals surface area contributed by atoms with E-state index in [1.165, 1.54) is 6.07 Å². The van der Waals surface area contributed by atoms with Gasteiger partial charge in [0.05, 0.1) is 5.56 Å². The third kappa shape index (κ3) is 3.17. The molecule has 1 aliphatic rings. The molecule has 0 bridgehead atoms. The van der Waals surface area contributed by atoms with Gasteiger partial charge in [0.25, 0.3) is 0 Å². The minimum Gasteiger partial charge on any atom is -0.314 e. The molecule has 1 fully saturated rings. The van der Waals surface area contributed by atoms with Crippen LogP contribution < -0.4 is 5.32 Å². The van der Waals surface area contributed by atoms with Crippen molar-refractivity contribution in [3.8, 4) is 6.07 Å². The van der Waals surface area contributed by atoms with E-state index in [0.717, 1.165) is 38.2 Å². The highest BCUT2D eigenvalue weighted by Gasteiger charge is 2.26. The molecular formula is C16H22FN3. The monoisotopic (exact) mass is 275 g/mol. The van der Waals surface area contributed by atoms with Crippen LogP contribution in [0.5, 0.6) is 0 Å². The number of nitrogens with one attached hydrogen (secondary N) is 1. The third-order valence-electron chi connectivity index (χ3n) is 4.18. The molecule has 0 amide bonds. The first-order valence-corrected chi connectivity index (χ1v) is 7.31. The normalized spacial score (nSPS) is 19.3. The Bertz CT molecular complexity index is 489.